The molecule has 1 aliphatic carbocycles. The van der Waals surface area contributed by atoms with Crippen molar-refractivity contribution in [1.29, 1.82) is 0 Å². The molecule has 1 saturated carbocycles. The van der Waals surface area contributed by atoms with Gasteiger partial charge in [0.1, 0.15) is 0 Å². The van der Waals surface area contributed by atoms with E-state index in [1.165, 1.54) is 12.8 Å². The largest absolute Gasteiger partial charge is 0.391 e. The van der Waals surface area contributed by atoms with Gasteiger partial charge in [-0.15, -0.1) is 0 Å². The fraction of sp³-hybridized carbons (Fsp3) is 1.00. The van der Waals surface area contributed by atoms with Crippen LogP contribution in [0.1, 0.15) is 32.1 Å². The zero-order valence-corrected chi connectivity index (χ0v) is 9.61. The van der Waals surface area contributed by atoms with Crippen LogP contribution in [-0.2, 0) is 4.74 Å². The van der Waals surface area contributed by atoms with Crippen molar-refractivity contribution in [3.8, 4) is 0 Å². The molecule has 0 spiro atoms. The zero-order chi connectivity index (χ0) is 11.1. The SMILES string of the molecule is COCC(O)CCNC1CCCC(N)C1. The highest BCUT2D eigenvalue weighted by molar-refractivity contribution is 4.79. The van der Waals surface area contributed by atoms with Gasteiger partial charge >= 0.3 is 0 Å². The summed E-state index contributed by atoms with van der Waals surface area (Å²) in [7, 11) is 1.61. The lowest BCUT2D eigenvalue weighted by Crippen LogP contribution is -2.40. The third kappa shape index (κ3) is 5.47. The van der Waals surface area contributed by atoms with Gasteiger partial charge in [-0.1, -0.05) is 6.42 Å². The fourth-order valence-corrected chi connectivity index (χ4v) is 2.14. The number of ether oxygens (including phenoxy) is 1. The molecule has 0 aromatic rings. The van der Waals surface area contributed by atoms with Crippen LogP contribution in [0.25, 0.3) is 0 Å². The molecular weight excluding hydrogens is 192 g/mol. The minimum atomic E-state index is -0.347. The Balaban J connectivity index is 2.03. The molecule has 0 heterocycles. The van der Waals surface area contributed by atoms with Crippen LogP contribution in [0.15, 0.2) is 0 Å². The van der Waals surface area contributed by atoms with E-state index in [1.54, 1.807) is 7.11 Å². The van der Waals surface area contributed by atoms with Crippen LogP contribution in [0.4, 0.5) is 0 Å². The first kappa shape index (κ1) is 12.9. The third-order valence-corrected chi connectivity index (χ3v) is 2.98. The van der Waals surface area contributed by atoms with Gasteiger partial charge in [-0.3, -0.25) is 0 Å². The van der Waals surface area contributed by atoms with Gasteiger partial charge in [-0.25, -0.2) is 0 Å². The van der Waals surface area contributed by atoms with E-state index in [0.717, 1.165) is 25.8 Å². The maximum Gasteiger partial charge on any atom is 0.0785 e. The van der Waals surface area contributed by atoms with Crippen LogP contribution in [-0.4, -0.2) is 43.6 Å². The van der Waals surface area contributed by atoms with E-state index in [0.29, 0.717) is 18.7 Å². The molecule has 0 aromatic heterocycles. The third-order valence-electron chi connectivity index (χ3n) is 2.98. The summed E-state index contributed by atoms with van der Waals surface area (Å²) in [6.07, 6.45) is 5.07. The van der Waals surface area contributed by atoms with Crippen molar-refractivity contribution in [2.45, 2.75) is 50.3 Å². The first-order valence-electron chi connectivity index (χ1n) is 5.88. The molecule has 0 saturated heterocycles. The Morgan fingerprint density at radius 1 is 1.53 bits per heavy atom. The summed E-state index contributed by atoms with van der Waals surface area (Å²) < 4.78 is 4.87. The average Bonchev–Trinajstić information content (AvgIpc) is 2.18. The molecule has 4 N–H and O–H groups in total. The van der Waals surface area contributed by atoms with E-state index >= 15 is 0 Å². The molecule has 0 aliphatic heterocycles. The Bertz CT molecular complexity index is 167. The Morgan fingerprint density at radius 3 is 3.00 bits per heavy atom. The van der Waals surface area contributed by atoms with E-state index in [-0.39, 0.29) is 6.10 Å². The number of nitrogens with two attached hydrogens (primary N) is 1. The van der Waals surface area contributed by atoms with Gasteiger partial charge in [-0.05, 0) is 32.2 Å². The summed E-state index contributed by atoms with van der Waals surface area (Å²) in [5.41, 5.74) is 5.89. The molecule has 15 heavy (non-hydrogen) atoms. The van der Waals surface area contributed by atoms with Crippen molar-refractivity contribution in [1.82, 2.24) is 5.32 Å². The first-order chi connectivity index (χ1) is 7.22. The molecule has 0 amide bonds. The van der Waals surface area contributed by atoms with E-state index in [2.05, 4.69) is 5.32 Å². The quantitative estimate of drug-likeness (QED) is 0.595. The van der Waals surface area contributed by atoms with Crippen molar-refractivity contribution in [3.05, 3.63) is 0 Å². The van der Waals surface area contributed by atoms with E-state index in [4.69, 9.17) is 10.5 Å². The van der Waals surface area contributed by atoms with E-state index < -0.39 is 0 Å². The summed E-state index contributed by atoms with van der Waals surface area (Å²) in [4.78, 5) is 0. The van der Waals surface area contributed by atoms with Crippen LogP contribution in [0.5, 0.6) is 0 Å². The zero-order valence-electron chi connectivity index (χ0n) is 9.61. The second kappa shape index (κ2) is 7.17. The Morgan fingerprint density at radius 2 is 2.33 bits per heavy atom. The minimum Gasteiger partial charge on any atom is -0.391 e. The maximum absolute atomic E-state index is 9.44. The number of hydrogen-bond acceptors (Lipinski definition) is 4. The number of methoxy groups -OCH3 is 1. The van der Waals surface area contributed by atoms with Gasteiger partial charge in [0.25, 0.3) is 0 Å². The fourth-order valence-electron chi connectivity index (χ4n) is 2.14. The summed E-state index contributed by atoms with van der Waals surface area (Å²) in [6, 6.07) is 0.906. The lowest BCUT2D eigenvalue weighted by Gasteiger charge is -2.27. The van der Waals surface area contributed by atoms with Gasteiger partial charge in [0.15, 0.2) is 0 Å². The van der Waals surface area contributed by atoms with Crippen LogP contribution < -0.4 is 11.1 Å². The average molecular weight is 216 g/mol. The molecule has 3 unspecified atom stereocenters. The number of aliphatic hydroxyl groups excluding tert-OH is 1. The monoisotopic (exact) mass is 216 g/mol. The second-order valence-electron chi connectivity index (χ2n) is 4.48. The second-order valence-corrected chi connectivity index (χ2v) is 4.48. The van der Waals surface area contributed by atoms with Crippen molar-refractivity contribution in [2.75, 3.05) is 20.3 Å². The molecule has 4 nitrogen and oxygen atoms in total. The predicted octanol–water partition coefficient (Wildman–Crippen LogP) is 0.243. The lowest BCUT2D eigenvalue weighted by molar-refractivity contribution is 0.0586. The standard InChI is InChI=1S/C11H24N2O2/c1-15-8-11(14)5-6-13-10-4-2-3-9(12)7-10/h9-11,13-14H,2-8,12H2,1H3. The molecule has 0 bridgehead atoms. The number of hydrogen-bond donors (Lipinski definition) is 3. The number of rotatable bonds is 6. The number of nitrogens with one attached hydrogen (secondary N) is 1. The maximum atomic E-state index is 9.44. The normalized spacial score (nSPS) is 29.0. The van der Waals surface area contributed by atoms with Gasteiger partial charge in [0.05, 0.1) is 12.7 Å². The first-order valence-corrected chi connectivity index (χ1v) is 5.88. The Hall–Kier alpha value is -0.160. The highest BCUT2D eigenvalue weighted by atomic mass is 16.5. The van der Waals surface area contributed by atoms with Gasteiger partial charge < -0.3 is 20.9 Å². The number of aliphatic hydroxyl groups is 1. The van der Waals surface area contributed by atoms with Crippen molar-refractivity contribution >= 4 is 0 Å². The van der Waals surface area contributed by atoms with Crippen molar-refractivity contribution in [2.24, 2.45) is 5.73 Å². The Kier molecular flexibility index (Phi) is 6.17. The molecule has 0 aromatic carbocycles. The minimum absolute atomic E-state index is 0.347. The summed E-state index contributed by atoms with van der Waals surface area (Å²) in [5.74, 6) is 0. The molecule has 90 valence electrons. The van der Waals surface area contributed by atoms with Crippen LogP contribution in [0, 0.1) is 0 Å². The topological polar surface area (TPSA) is 67.5 Å². The highest BCUT2D eigenvalue weighted by Gasteiger charge is 2.18. The summed E-state index contributed by atoms with van der Waals surface area (Å²) in [6.45, 7) is 1.27. The Labute approximate surface area is 92.2 Å². The molecule has 1 fully saturated rings. The summed E-state index contributed by atoms with van der Waals surface area (Å²) >= 11 is 0. The van der Waals surface area contributed by atoms with E-state index in [9.17, 15) is 5.11 Å². The molecule has 1 aliphatic rings. The van der Waals surface area contributed by atoms with Crippen molar-refractivity contribution < 1.29 is 9.84 Å². The molecule has 3 atom stereocenters. The highest BCUT2D eigenvalue weighted by Crippen LogP contribution is 2.16. The molecule has 0 radical (unpaired) electrons. The van der Waals surface area contributed by atoms with Gasteiger partial charge in [0, 0.05) is 19.2 Å². The molecule has 4 heteroatoms. The smallest absolute Gasteiger partial charge is 0.0785 e. The van der Waals surface area contributed by atoms with Crippen LogP contribution in [0.2, 0.25) is 0 Å². The van der Waals surface area contributed by atoms with Crippen molar-refractivity contribution in [3.63, 3.8) is 0 Å². The predicted molar refractivity (Wildman–Crippen MR) is 60.7 cm³/mol. The molecular formula is C11H24N2O2. The van der Waals surface area contributed by atoms with Crippen LogP contribution >= 0.6 is 0 Å². The van der Waals surface area contributed by atoms with Gasteiger partial charge in [-0.2, -0.15) is 0 Å². The lowest BCUT2D eigenvalue weighted by atomic mass is 9.91. The van der Waals surface area contributed by atoms with Crippen LogP contribution in [0.3, 0.4) is 0 Å². The molecule has 1 rings (SSSR count). The summed E-state index contributed by atoms with van der Waals surface area (Å²) in [5, 5.41) is 12.9. The van der Waals surface area contributed by atoms with E-state index in [1.807, 2.05) is 0 Å². The van der Waals surface area contributed by atoms with Gasteiger partial charge in [0.2, 0.25) is 0 Å².